The fourth-order valence-corrected chi connectivity index (χ4v) is 3.23. The molecular formula is C20H19ClN2O4. The van der Waals surface area contributed by atoms with E-state index >= 15 is 0 Å². The van der Waals surface area contributed by atoms with Crippen LogP contribution in [-0.2, 0) is 22.6 Å². The van der Waals surface area contributed by atoms with Crippen molar-refractivity contribution in [2.24, 2.45) is 0 Å². The maximum Gasteiger partial charge on any atom is 0.261 e. The van der Waals surface area contributed by atoms with Crippen LogP contribution in [0.15, 0.2) is 42.5 Å². The number of halogens is 1. The van der Waals surface area contributed by atoms with Crippen LogP contribution in [0.2, 0.25) is 5.02 Å². The van der Waals surface area contributed by atoms with Gasteiger partial charge in [-0.05, 0) is 29.8 Å². The first kappa shape index (κ1) is 18.9. The summed E-state index contributed by atoms with van der Waals surface area (Å²) in [5.41, 5.74) is 1.89. The van der Waals surface area contributed by atoms with Gasteiger partial charge in [-0.2, -0.15) is 0 Å². The molecule has 140 valence electrons. The first-order valence-corrected chi connectivity index (χ1v) is 8.77. The minimum atomic E-state index is -0.441. The number of nitrogens with zero attached hydrogens (tertiary/aromatic N) is 2. The minimum Gasteiger partial charge on any atom is -0.496 e. The number of ether oxygens (including phenoxy) is 1. The number of likely N-dealkylation sites (N-methyl/N-ethyl adjacent to an activating group) is 1. The molecule has 0 atom stereocenters. The van der Waals surface area contributed by atoms with E-state index in [-0.39, 0.29) is 31.3 Å². The van der Waals surface area contributed by atoms with Gasteiger partial charge in [-0.1, -0.05) is 29.8 Å². The van der Waals surface area contributed by atoms with E-state index in [4.69, 9.17) is 16.3 Å². The lowest BCUT2D eigenvalue weighted by Crippen LogP contribution is -2.47. The largest absolute Gasteiger partial charge is 0.496 e. The predicted octanol–water partition coefficient (Wildman–Crippen LogP) is 2.53. The topological polar surface area (TPSA) is 66.9 Å². The Labute approximate surface area is 162 Å². The van der Waals surface area contributed by atoms with Crippen molar-refractivity contribution in [3.8, 4) is 5.75 Å². The molecule has 0 aliphatic carbocycles. The minimum absolute atomic E-state index is 0.112. The number of hydrogen-bond acceptors (Lipinski definition) is 4. The number of rotatable bonds is 5. The van der Waals surface area contributed by atoms with Gasteiger partial charge in [0.1, 0.15) is 12.3 Å². The third kappa shape index (κ3) is 3.95. The van der Waals surface area contributed by atoms with Gasteiger partial charge in [0, 0.05) is 29.7 Å². The van der Waals surface area contributed by atoms with E-state index in [1.165, 1.54) is 12.0 Å². The van der Waals surface area contributed by atoms with E-state index in [1.807, 2.05) is 0 Å². The van der Waals surface area contributed by atoms with Gasteiger partial charge < -0.3 is 9.64 Å². The van der Waals surface area contributed by atoms with Crippen LogP contribution in [-0.4, -0.2) is 48.2 Å². The second kappa shape index (κ2) is 7.80. The fourth-order valence-electron chi connectivity index (χ4n) is 3.03. The van der Waals surface area contributed by atoms with Gasteiger partial charge in [0.25, 0.3) is 5.91 Å². The summed E-state index contributed by atoms with van der Waals surface area (Å²) in [6.07, 6.45) is 0.112. The number of benzene rings is 2. The summed E-state index contributed by atoms with van der Waals surface area (Å²) in [5, 5.41) is 0.532. The lowest BCUT2D eigenvalue weighted by atomic mass is 9.98. The lowest BCUT2D eigenvalue weighted by Gasteiger charge is -2.28. The molecular weight excluding hydrogens is 368 g/mol. The van der Waals surface area contributed by atoms with Gasteiger partial charge in [0.05, 0.1) is 13.5 Å². The summed E-state index contributed by atoms with van der Waals surface area (Å²) < 4.78 is 5.29. The SMILES string of the molecule is COc1ccc(Cl)cc1CN(C)C(=O)CN1C(=O)Cc2ccccc2C1=O. The van der Waals surface area contributed by atoms with Gasteiger partial charge in [0.2, 0.25) is 11.8 Å². The van der Waals surface area contributed by atoms with Gasteiger partial charge in [-0.3, -0.25) is 19.3 Å². The van der Waals surface area contributed by atoms with E-state index in [0.29, 0.717) is 21.9 Å². The molecule has 0 unspecified atom stereocenters. The molecule has 1 heterocycles. The van der Waals surface area contributed by atoms with Crippen molar-refractivity contribution in [1.82, 2.24) is 9.80 Å². The molecule has 0 saturated carbocycles. The summed E-state index contributed by atoms with van der Waals surface area (Å²) in [6.45, 7) is -0.0548. The fraction of sp³-hybridized carbons (Fsp3) is 0.250. The number of carbonyl (C=O) groups excluding carboxylic acids is 3. The van der Waals surface area contributed by atoms with Gasteiger partial charge in [0.15, 0.2) is 0 Å². The smallest absolute Gasteiger partial charge is 0.261 e. The molecule has 27 heavy (non-hydrogen) atoms. The molecule has 3 rings (SSSR count). The Balaban J connectivity index is 1.73. The van der Waals surface area contributed by atoms with Crippen molar-refractivity contribution >= 4 is 29.3 Å². The number of carbonyl (C=O) groups is 3. The first-order valence-electron chi connectivity index (χ1n) is 8.39. The Bertz CT molecular complexity index is 913. The Morgan fingerprint density at radius 3 is 2.70 bits per heavy atom. The molecule has 0 spiro atoms. The highest BCUT2D eigenvalue weighted by atomic mass is 35.5. The monoisotopic (exact) mass is 386 g/mol. The highest BCUT2D eigenvalue weighted by Crippen LogP contribution is 2.24. The van der Waals surface area contributed by atoms with Crippen molar-refractivity contribution < 1.29 is 19.1 Å². The number of hydrogen-bond donors (Lipinski definition) is 0. The van der Waals surface area contributed by atoms with Crippen LogP contribution in [0, 0.1) is 0 Å². The zero-order valence-corrected chi connectivity index (χ0v) is 15.8. The molecule has 1 aliphatic heterocycles. The van der Waals surface area contributed by atoms with Gasteiger partial charge >= 0.3 is 0 Å². The third-order valence-corrected chi connectivity index (χ3v) is 4.74. The maximum absolute atomic E-state index is 12.6. The molecule has 1 aliphatic rings. The van der Waals surface area contributed by atoms with Gasteiger partial charge in [-0.15, -0.1) is 0 Å². The van der Waals surface area contributed by atoms with E-state index in [0.717, 1.165) is 10.5 Å². The van der Waals surface area contributed by atoms with E-state index in [9.17, 15) is 14.4 Å². The van der Waals surface area contributed by atoms with Crippen LogP contribution in [0.1, 0.15) is 21.5 Å². The van der Waals surface area contributed by atoms with E-state index in [2.05, 4.69) is 0 Å². The molecule has 0 aromatic heterocycles. The first-order chi connectivity index (χ1) is 12.9. The molecule has 0 saturated heterocycles. The quantitative estimate of drug-likeness (QED) is 0.740. The predicted molar refractivity (Wildman–Crippen MR) is 101 cm³/mol. The van der Waals surface area contributed by atoms with Crippen molar-refractivity contribution in [3.63, 3.8) is 0 Å². The molecule has 7 heteroatoms. The van der Waals surface area contributed by atoms with Crippen molar-refractivity contribution in [2.45, 2.75) is 13.0 Å². The molecule has 0 N–H and O–H groups in total. The maximum atomic E-state index is 12.6. The molecule has 2 aromatic rings. The Hall–Kier alpha value is -2.86. The van der Waals surface area contributed by atoms with E-state index < -0.39 is 5.91 Å². The second-order valence-corrected chi connectivity index (χ2v) is 6.76. The molecule has 6 nitrogen and oxygen atoms in total. The average molecular weight is 387 g/mol. The number of imide groups is 1. The Kier molecular flexibility index (Phi) is 5.46. The summed E-state index contributed by atoms with van der Waals surface area (Å²) in [7, 11) is 3.15. The second-order valence-electron chi connectivity index (χ2n) is 6.32. The molecule has 2 aromatic carbocycles. The molecule has 0 bridgehead atoms. The number of methoxy groups -OCH3 is 1. The molecule has 3 amide bonds. The normalized spacial score (nSPS) is 13.4. The summed E-state index contributed by atoms with van der Waals surface area (Å²) >= 11 is 6.02. The molecule has 0 fully saturated rings. The van der Waals surface area contributed by atoms with Crippen LogP contribution in [0.25, 0.3) is 0 Å². The number of amides is 3. The van der Waals surface area contributed by atoms with E-state index in [1.54, 1.807) is 49.5 Å². The summed E-state index contributed by atoms with van der Waals surface area (Å²) in [4.78, 5) is 40.0. The third-order valence-electron chi connectivity index (χ3n) is 4.50. The standard InChI is InChI=1S/C20H19ClN2O4/c1-22(11-14-9-15(21)7-8-17(14)27-2)19(25)12-23-18(24)10-13-5-3-4-6-16(13)20(23)26/h3-9H,10-12H2,1-2H3. The summed E-state index contributed by atoms with van der Waals surface area (Å²) in [5.74, 6) is -0.555. The van der Waals surface area contributed by atoms with Crippen LogP contribution >= 0.6 is 11.6 Å². The van der Waals surface area contributed by atoms with Crippen LogP contribution in [0.5, 0.6) is 5.75 Å². The van der Waals surface area contributed by atoms with Crippen molar-refractivity contribution in [3.05, 3.63) is 64.2 Å². The highest BCUT2D eigenvalue weighted by molar-refractivity contribution is 6.30. The average Bonchev–Trinajstić information content (AvgIpc) is 2.65. The van der Waals surface area contributed by atoms with Gasteiger partial charge in [-0.25, -0.2) is 0 Å². The van der Waals surface area contributed by atoms with Crippen LogP contribution < -0.4 is 4.74 Å². The van der Waals surface area contributed by atoms with Crippen molar-refractivity contribution in [2.75, 3.05) is 20.7 Å². The Morgan fingerprint density at radius 2 is 1.96 bits per heavy atom. The lowest BCUT2D eigenvalue weighted by molar-refractivity contribution is -0.138. The zero-order valence-electron chi connectivity index (χ0n) is 15.1. The van der Waals surface area contributed by atoms with Crippen molar-refractivity contribution in [1.29, 1.82) is 0 Å². The summed E-state index contributed by atoms with van der Waals surface area (Å²) in [6, 6.07) is 12.1. The number of fused-ring (bicyclic) bond motifs is 1. The van der Waals surface area contributed by atoms with Crippen LogP contribution in [0.4, 0.5) is 0 Å². The molecule has 0 radical (unpaired) electrons. The highest BCUT2D eigenvalue weighted by Gasteiger charge is 2.32. The Morgan fingerprint density at radius 1 is 1.22 bits per heavy atom. The van der Waals surface area contributed by atoms with Crippen LogP contribution in [0.3, 0.4) is 0 Å². The zero-order chi connectivity index (χ0) is 19.6.